The molecule has 5 rings (SSSR count). The highest BCUT2D eigenvalue weighted by molar-refractivity contribution is 7.89. The minimum atomic E-state index is -3.39. The summed E-state index contributed by atoms with van der Waals surface area (Å²) in [5.41, 5.74) is 2.63. The first-order valence-corrected chi connectivity index (χ1v) is 20.4. The average molecular weight is 770 g/mol. The van der Waals surface area contributed by atoms with Crippen molar-refractivity contribution in [1.82, 2.24) is 14.4 Å². The second-order valence-corrected chi connectivity index (χ2v) is 16.4. The molecule has 1 fully saturated rings. The maximum absolute atomic E-state index is 14.9. The normalized spacial score (nSPS) is 22.0. The summed E-state index contributed by atoms with van der Waals surface area (Å²) in [7, 11) is -1.78. The molecule has 4 atom stereocenters. The largest absolute Gasteiger partial charge is 0.497 e. The van der Waals surface area contributed by atoms with Gasteiger partial charge in [-0.1, -0.05) is 24.2 Å². The number of hydrogen-bond donors (Lipinski definition) is 2. The van der Waals surface area contributed by atoms with Gasteiger partial charge in [0.1, 0.15) is 22.9 Å². The number of nitrogens with zero attached hydrogens (tertiary/aromatic N) is 3. The van der Waals surface area contributed by atoms with E-state index in [0.29, 0.717) is 54.8 Å². The molecule has 3 aromatic rings. The van der Waals surface area contributed by atoms with Crippen molar-refractivity contribution in [3.8, 4) is 11.5 Å². The molecule has 0 saturated carbocycles. The van der Waals surface area contributed by atoms with Gasteiger partial charge in [-0.25, -0.2) is 13.2 Å². The summed E-state index contributed by atoms with van der Waals surface area (Å²) in [6.45, 7) is 11.3. The third kappa shape index (κ3) is 11.0. The van der Waals surface area contributed by atoms with Crippen LogP contribution in [0.3, 0.4) is 0 Å². The maximum Gasteiger partial charge on any atom is 0.323 e. The Morgan fingerprint density at radius 3 is 2.54 bits per heavy atom. The molecule has 1 saturated heterocycles. The van der Waals surface area contributed by atoms with Gasteiger partial charge in [-0.05, 0) is 95.7 Å². The number of aromatic nitrogens is 1. The molecule has 0 aliphatic carbocycles. The summed E-state index contributed by atoms with van der Waals surface area (Å²) in [5.74, 6) is 1.18. The number of fused-ring (bicyclic) bond motifs is 1. The quantitative estimate of drug-likeness (QED) is 0.237. The molecule has 2 aliphatic heterocycles. The summed E-state index contributed by atoms with van der Waals surface area (Å²) >= 11 is 0. The smallest absolute Gasteiger partial charge is 0.323 e. The number of sulfonamides is 1. The number of anilines is 2. The lowest BCUT2D eigenvalue weighted by Gasteiger charge is -2.37. The van der Waals surface area contributed by atoms with Crippen LogP contribution in [0.4, 0.5) is 16.2 Å². The molecule has 0 bridgehead atoms. The Morgan fingerprint density at radius 1 is 1.06 bits per heavy atom. The van der Waals surface area contributed by atoms with Crippen LogP contribution in [-0.2, 0) is 26.1 Å². The SMILES string of the molecule is COc1ccc(COC[C@H](C)N2C[C@@H](C)[C@H](CN3CCCCS3(=O)=O)OCCCC[C@H](C)Oc3ccc(NC(=O)Nc4c(C)noc4C)cc3C2=O)cc1. The monoisotopic (exact) mass is 769 g/mol. The topological polar surface area (TPSA) is 162 Å². The Morgan fingerprint density at radius 2 is 1.83 bits per heavy atom. The minimum Gasteiger partial charge on any atom is -0.497 e. The molecule has 14 nitrogen and oxygen atoms in total. The molecule has 54 heavy (non-hydrogen) atoms. The van der Waals surface area contributed by atoms with E-state index in [-0.39, 0.29) is 48.9 Å². The van der Waals surface area contributed by atoms with E-state index in [2.05, 4.69) is 15.8 Å². The van der Waals surface area contributed by atoms with E-state index >= 15 is 0 Å². The van der Waals surface area contributed by atoms with Crippen LogP contribution in [0.15, 0.2) is 47.0 Å². The molecular weight excluding hydrogens is 715 g/mol. The number of carbonyl (C=O) groups excluding carboxylic acids is 2. The van der Waals surface area contributed by atoms with Crippen molar-refractivity contribution in [2.45, 2.75) is 91.6 Å². The molecule has 0 spiro atoms. The number of ether oxygens (including phenoxy) is 4. The zero-order valence-corrected chi connectivity index (χ0v) is 33.1. The molecule has 15 heteroatoms. The third-order valence-electron chi connectivity index (χ3n) is 9.94. The summed E-state index contributed by atoms with van der Waals surface area (Å²) in [6.07, 6.45) is 3.10. The lowest BCUT2D eigenvalue weighted by Crippen LogP contribution is -2.49. The van der Waals surface area contributed by atoms with Crippen LogP contribution >= 0.6 is 0 Å². The van der Waals surface area contributed by atoms with Gasteiger partial charge in [-0.15, -0.1) is 0 Å². The number of aryl methyl sites for hydroxylation is 2. The first-order chi connectivity index (χ1) is 25.8. The van der Waals surface area contributed by atoms with Crippen molar-refractivity contribution in [2.24, 2.45) is 5.92 Å². The van der Waals surface area contributed by atoms with Crippen LogP contribution in [0.5, 0.6) is 11.5 Å². The summed E-state index contributed by atoms with van der Waals surface area (Å²) in [5, 5.41) is 9.50. The van der Waals surface area contributed by atoms with Crippen LogP contribution in [0, 0.1) is 19.8 Å². The van der Waals surface area contributed by atoms with Gasteiger partial charge in [0.05, 0.1) is 49.9 Å². The molecule has 0 unspecified atom stereocenters. The summed E-state index contributed by atoms with van der Waals surface area (Å²) in [6, 6.07) is 11.7. The zero-order valence-electron chi connectivity index (χ0n) is 32.3. The molecule has 296 valence electrons. The van der Waals surface area contributed by atoms with E-state index in [1.54, 1.807) is 48.4 Å². The predicted octanol–water partition coefficient (Wildman–Crippen LogP) is 6.39. The first-order valence-electron chi connectivity index (χ1n) is 18.8. The lowest BCUT2D eigenvalue weighted by atomic mass is 10.0. The maximum atomic E-state index is 14.9. The fourth-order valence-corrected chi connectivity index (χ4v) is 8.32. The molecular formula is C39H55N5O9S. The number of benzene rings is 2. The van der Waals surface area contributed by atoms with Gasteiger partial charge in [-0.2, -0.15) is 4.31 Å². The van der Waals surface area contributed by atoms with E-state index in [0.717, 1.165) is 37.0 Å². The van der Waals surface area contributed by atoms with Gasteiger partial charge in [0, 0.05) is 37.8 Å². The fourth-order valence-electron chi connectivity index (χ4n) is 6.71. The van der Waals surface area contributed by atoms with Gasteiger partial charge < -0.3 is 39.0 Å². The number of methoxy groups -OCH3 is 1. The first kappa shape index (κ1) is 41.0. The van der Waals surface area contributed by atoms with Gasteiger partial charge in [0.15, 0.2) is 5.76 Å². The Hall–Kier alpha value is -4.18. The number of rotatable bonds is 10. The van der Waals surface area contributed by atoms with Crippen molar-refractivity contribution in [3.63, 3.8) is 0 Å². The van der Waals surface area contributed by atoms with Crippen molar-refractivity contribution < 1.29 is 41.5 Å². The van der Waals surface area contributed by atoms with Crippen LogP contribution in [0.2, 0.25) is 0 Å². The molecule has 3 heterocycles. The number of carbonyl (C=O) groups is 2. The predicted molar refractivity (Wildman–Crippen MR) is 206 cm³/mol. The number of urea groups is 1. The van der Waals surface area contributed by atoms with Crippen LogP contribution in [0.1, 0.15) is 80.3 Å². The van der Waals surface area contributed by atoms with Crippen molar-refractivity contribution >= 4 is 33.3 Å². The Kier molecular flexibility index (Phi) is 14.4. The fraction of sp³-hybridized carbons (Fsp3) is 0.564. The zero-order chi connectivity index (χ0) is 38.8. The molecule has 0 radical (unpaired) electrons. The Bertz CT molecular complexity index is 1800. The average Bonchev–Trinajstić information content (AvgIpc) is 3.45. The van der Waals surface area contributed by atoms with E-state index in [1.165, 1.54) is 0 Å². The molecule has 2 aliphatic rings. The standard InChI is InChI=1S/C39H55N5O9S/c1-26-22-44(27(2)24-50-25-31-12-15-33(49-6)16-13-31)38(45)34-21-32(40-39(46)41-37-29(4)42-53-30(37)5)14-17-35(34)52-28(3)11-7-9-19-51-36(26)23-43-18-8-10-20-54(43,47)48/h12-17,21,26-28,36H,7-11,18-20,22-25H2,1-6H3,(H2,40,41,46)/t26-,27+,28+,36+/m1/s1. The van der Waals surface area contributed by atoms with Crippen molar-refractivity contribution in [1.29, 1.82) is 0 Å². The van der Waals surface area contributed by atoms with Crippen molar-refractivity contribution in [2.75, 3.05) is 56.3 Å². The van der Waals surface area contributed by atoms with Gasteiger partial charge in [0.25, 0.3) is 5.91 Å². The van der Waals surface area contributed by atoms with Gasteiger partial charge in [-0.3, -0.25) is 4.79 Å². The highest BCUT2D eigenvalue weighted by Gasteiger charge is 2.34. The Balaban J connectivity index is 1.44. The van der Waals surface area contributed by atoms with E-state index in [1.807, 2.05) is 45.0 Å². The van der Waals surface area contributed by atoms with Crippen LogP contribution < -0.4 is 20.1 Å². The van der Waals surface area contributed by atoms with Gasteiger partial charge in [0.2, 0.25) is 10.0 Å². The number of nitrogens with one attached hydrogen (secondary N) is 2. The summed E-state index contributed by atoms with van der Waals surface area (Å²) in [4.78, 5) is 29.7. The highest BCUT2D eigenvalue weighted by atomic mass is 32.2. The lowest BCUT2D eigenvalue weighted by molar-refractivity contribution is -0.0142. The van der Waals surface area contributed by atoms with E-state index in [4.69, 9.17) is 23.5 Å². The highest BCUT2D eigenvalue weighted by Crippen LogP contribution is 2.30. The number of hydrogen-bond acceptors (Lipinski definition) is 10. The van der Waals surface area contributed by atoms with Gasteiger partial charge >= 0.3 is 6.03 Å². The Labute approximate surface area is 318 Å². The van der Waals surface area contributed by atoms with E-state index < -0.39 is 28.2 Å². The second-order valence-electron chi connectivity index (χ2n) is 14.4. The molecule has 2 aromatic carbocycles. The summed E-state index contributed by atoms with van der Waals surface area (Å²) < 4.78 is 57.1. The van der Waals surface area contributed by atoms with Crippen molar-refractivity contribution in [3.05, 3.63) is 65.0 Å². The molecule has 3 amide bonds. The van der Waals surface area contributed by atoms with Crippen LogP contribution in [0.25, 0.3) is 0 Å². The minimum absolute atomic E-state index is 0.128. The third-order valence-corrected chi connectivity index (χ3v) is 11.9. The second kappa shape index (κ2) is 18.9. The molecule has 1 aromatic heterocycles. The number of amides is 3. The van der Waals surface area contributed by atoms with E-state index in [9.17, 15) is 18.0 Å². The van der Waals surface area contributed by atoms with Crippen LogP contribution in [-0.4, -0.2) is 98.7 Å². The molecule has 2 N–H and O–H groups in total.